The van der Waals surface area contributed by atoms with Gasteiger partial charge in [-0.25, -0.2) is 9.59 Å². The minimum atomic E-state index is -0.655. The number of ether oxygens (including phenoxy) is 2. The van der Waals surface area contributed by atoms with E-state index in [-0.39, 0.29) is 30.4 Å². The molecule has 1 saturated heterocycles. The molecule has 0 radical (unpaired) electrons. The van der Waals surface area contributed by atoms with Crippen LogP contribution in [-0.4, -0.2) is 29.9 Å². The van der Waals surface area contributed by atoms with Gasteiger partial charge in [0.05, 0.1) is 13.7 Å². The number of nitrogens with zero attached hydrogens (tertiary/aromatic N) is 1. The third-order valence-electron chi connectivity index (χ3n) is 4.99. The summed E-state index contributed by atoms with van der Waals surface area (Å²) in [5.41, 5.74) is 1.48. The topological polar surface area (TPSA) is 98.1 Å². The second kappa shape index (κ2) is 10.7. The first kappa shape index (κ1) is 25.0. The summed E-state index contributed by atoms with van der Waals surface area (Å²) in [5, 5.41) is 2.99. The number of amides is 3. The fraction of sp³-hybridized carbons (Fsp3) is 0.125. The van der Waals surface area contributed by atoms with E-state index < -0.39 is 17.9 Å². The molecule has 3 amide bonds. The number of hydrogen-bond donors (Lipinski definition) is 1. The van der Waals surface area contributed by atoms with Crippen molar-refractivity contribution in [3.05, 3.63) is 90.8 Å². The fourth-order valence-electron chi connectivity index (χ4n) is 3.26. The van der Waals surface area contributed by atoms with Gasteiger partial charge in [-0.15, -0.1) is 0 Å². The van der Waals surface area contributed by atoms with Gasteiger partial charge in [-0.3, -0.25) is 9.69 Å². The predicted molar refractivity (Wildman–Crippen MR) is 135 cm³/mol. The maximum atomic E-state index is 12.9. The zero-order valence-corrected chi connectivity index (χ0v) is 22.1. The maximum absolute atomic E-state index is 12.9. The summed E-state index contributed by atoms with van der Waals surface area (Å²) in [6.45, 7) is 0.106. The Hall–Kier alpha value is -3.08. The van der Waals surface area contributed by atoms with Crippen LogP contribution in [0.4, 0.5) is 4.79 Å². The van der Waals surface area contributed by atoms with Crippen LogP contribution in [0.25, 0.3) is 6.08 Å². The van der Waals surface area contributed by atoms with Crippen LogP contribution < -0.4 is 10.1 Å². The van der Waals surface area contributed by atoms with Gasteiger partial charge in [0.15, 0.2) is 0 Å². The molecule has 4 rings (SSSR count). The Balaban J connectivity index is 1.53. The quantitative estimate of drug-likeness (QED) is 0.199. The Morgan fingerprint density at radius 3 is 2.69 bits per heavy atom. The number of methoxy groups -OCH3 is 1. The molecule has 0 aliphatic carbocycles. The molecule has 0 spiro atoms. The number of furan rings is 1. The van der Waals surface area contributed by atoms with Gasteiger partial charge in [-0.2, -0.15) is 0 Å². The lowest BCUT2D eigenvalue weighted by Crippen LogP contribution is -2.30. The molecule has 1 aromatic heterocycles. The first-order valence-electron chi connectivity index (χ1n) is 10.1. The standard InChI is InChI=1S/C24H17Br2ClN2O6/c1-33-23(31)21-7-5-17(35-21)11-29-22(30)19(28-24(29)32)9-14-8-16(27)4-6-20(14)34-12-13-2-3-15(25)10-18(13)26/h2-10H,11-12H2,1H3,(H,28,32)/b19-9-. The number of imide groups is 1. The van der Waals surface area contributed by atoms with E-state index in [0.29, 0.717) is 16.3 Å². The number of hydrogen-bond acceptors (Lipinski definition) is 6. The van der Waals surface area contributed by atoms with Crippen LogP contribution in [0, 0.1) is 0 Å². The highest BCUT2D eigenvalue weighted by atomic mass is 79.9. The molecule has 1 aliphatic heterocycles. The van der Waals surface area contributed by atoms with E-state index in [0.717, 1.165) is 19.4 Å². The number of carbonyl (C=O) groups excluding carboxylic acids is 3. The lowest BCUT2D eigenvalue weighted by atomic mass is 10.1. The molecule has 1 aliphatic rings. The average Bonchev–Trinajstić information content (AvgIpc) is 3.39. The molecule has 2 heterocycles. The number of rotatable bonds is 7. The van der Waals surface area contributed by atoms with Crippen LogP contribution >= 0.6 is 43.5 Å². The summed E-state index contributed by atoms with van der Waals surface area (Å²) < 4.78 is 17.8. The van der Waals surface area contributed by atoms with E-state index >= 15 is 0 Å². The van der Waals surface area contributed by atoms with Crippen LogP contribution in [0.15, 0.2) is 67.6 Å². The number of benzene rings is 2. The molecule has 0 atom stereocenters. The summed E-state index contributed by atoms with van der Waals surface area (Å²) in [5.74, 6) is -0.512. The Bertz CT molecular complexity index is 1350. The van der Waals surface area contributed by atoms with Gasteiger partial charge < -0.3 is 19.2 Å². The van der Waals surface area contributed by atoms with Gasteiger partial charge in [0.25, 0.3) is 5.91 Å². The molecule has 2 aromatic carbocycles. The van der Waals surface area contributed by atoms with Crippen molar-refractivity contribution in [1.29, 1.82) is 0 Å². The summed E-state index contributed by atoms with van der Waals surface area (Å²) in [7, 11) is 1.23. The molecule has 0 unspecified atom stereocenters. The molecular formula is C24H17Br2ClN2O6. The highest BCUT2D eigenvalue weighted by Gasteiger charge is 2.34. The summed E-state index contributed by atoms with van der Waals surface area (Å²) in [6, 6.07) is 13.0. The van der Waals surface area contributed by atoms with Crippen molar-refractivity contribution >= 4 is 67.4 Å². The Labute approximate surface area is 222 Å². The Morgan fingerprint density at radius 2 is 1.94 bits per heavy atom. The van der Waals surface area contributed by atoms with E-state index in [1.165, 1.54) is 25.3 Å². The monoisotopic (exact) mass is 622 g/mol. The van der Waals surface area contributed by atoms with Crippen molar-refractivity contribution in [2.75, 3.05) is 7.11 Å². The van der Waals surface area contributed by atoms with E-state index in [1.807, 2.05) is 18.2 Å². The van der Waals surface area contributed by atoms with Crippen LogP contribution in [0.1, 0.15) is 27.4 Å². The van der Waals surface area contributed by atoms with Crippen molar-refractivity contribution in [3.63, 3.8) is 0 Å². The molecule has 1 fully saturated rings. The number of nitrogens with one attached hydrogen (secondary N) is 1. The highest BCUT2D eigenvalue weighted by Crippen LogP contribution is 2.29. The van der Waals surface area contributed by atoms with Crippen molar-refractivity contribution in [3.8, 4) is 5.75 Å². The number of esters is 1. The van der Waals surface area contributed by atoms with Crippen molar-refractivity contribution < 1.29 is 28.3 Å². The normalized spacial score (nSPS) is 14.4. The number of urea groups is 1. The highest BCUT2D eigenvalue weighted by molar-refractivity contribution is 9.11. The second-order valence-corrected chi connectivity index (χ2v) is 9.55. The largest absolute Gasteiger partial charge is 0.488 e. The van der Waals surface area contributed by atoms with E-state index in [1.54, 1.807) is 18.2 Å². The minimum absolute atomic E-state index is 0.0246. The third-order valence-corrected chi connectivity index (χ3v) is 6.46. The first-order valence-corrected chi connectivity index (χ1v) is 12.1. The molecule has 0 saturated carbocycles. The van der Waals surface area contributed by atoms with Gasteiger partial charge in [-0.05, 0) is 48.5 Å². The van der Waals surface area contributed by atoms with E-state index in [4.69, 9.17) is 20.8 Å². The van der Waals surface area contributed by atoms with Crippen LogP contribution in [0.2, 0.25) is 5.02 Å². The summed E-state index contributed by atoms with van der Waals surface area (Å²) >= 11 is 13.1. The molecule has 180 valence electrons. The third kappa shape index (κ3) is 5.77. The second-order valence-electron chi connectivity index (χ2n) is 7.34. The summed E-state index contributed by atoms with van der Waals surface area (Å²) in [4.78, 5) is 37.9. The van der Waals surface area contributed by atoms with Crippen molar-refractivity contribution in [2.24, 2.45) is 0 Å². The van der Waals surface area contributed by atoms with Crippen LogP contribution in [0.3, 0.4) is 0 Å². The zero-order chi connectivity index (χ0) is 25.1. The van der Waals surface area contributed by atoms with Gasteiger partial charge in [0.2, 0.25) is 5.76 Å². The Kier molecular flexibility index (Phi) is 7.63. The minimum Gasteiger partial charge on any atom is -0.488 e. The molecule has 0 bridgehead atoms. The van der Waals surface area contributed by atoms with Gasteiger partial charge >= 0.3 is 12.0 Å². The fourth-order valence-corrected chi connectivity index (χ4v) is 4.60. The maximum Gasteiger partial charge on any atom is 0.373 e. The molecule has 8 nitrogen and oxygen atoms in total. The smallest absolute Gasteiger partial charge is 0.373 e. The lowest BCUT2D eigenvalue weighted by molar-refractivity contribution is -0.123. The predicted octanol–water partition coefficient (Wildman–Crippen LogP) is 5.92. The zero-order valence-electron chi connectivity index (χ0n) is 18.1. The molecule has 1 N–H and O–H groups in total. The molecular weight excluding hydrogens is 608 g/mol. The number of carbonyl (C=O) groups is 3. The molecule has 11 heteroatoms. The average molecular weight is 625 g/mol. The van der Waals surface area contributed by atoms with Gasteiger partial charge in [0.1, 0.15) is 23.8 Å². The first-order chi connectivity index (χ1) is 16.7. The van der Waals surface area contributed by atoms with Crippen molar-refractivity contribution in [2.45, 2.75) is 13.2 Å². The molecule has 3 aromatic rings. The Morgan fingerprint density at radius 1 is 1.14 bits per heavy atom. The summed E-state index contributed by atoms with van der Waals surface area (Å²) in [6.07, 6.45) is 1.50. The van der Waals surface area contributed by atoms with Gasteiger partial charge in [-0.1, -0.05) is 49.5 Å². The lowest BCUT2D eigenvalue weighted by Gasteiger charge is -2.12. The SMILES string of the molecule is COC(=O)c1ccc(CN2C(=O)N/C(=C\c3cc(Cl)ccc3OCc3ccc(Br)cc3Br)C2=O)o1. The van der Waals surface area contributed by atoms with Crippen LogP contribution in [0.5, 0.6) is 5.75 Å². The van der Waals surface area contributed by atoms with Crippen LogP contribution in [-0.2, 0) is 22.7 Å². The molecule has 35 heavy (non-hydrogen) atoms. The van der Waals surface area contributed by atoms with E-state index in [2.05, 4.69) is 41.9 Å². The van der Waals surface area contributed by atoms with E-state index in [9.17, 15) is 14.4 Å². The van der Waals surface area contributed by atoms with Crippen molar-refractivity contribution in [1.82, 2.24) is 10.2 Å². The number of halogens is 3. The van der Waals surface area contributed by atoms with Gasteiger partial charge in [0, 0.05) is 25.1 Å².